The highest BCUT2D eigenvalue weighted by molar-refractivity contribution is 5.87. The second-order valence-electron chi connectivity index (χ2n) is 5.57. The van der Waals surface area contributed by atoms with E-state index in [1.807, 2.05) is 0 Å². The van der Waals surface area contributed by atoms with Crippen LogP contribution in [-0.4, -0.2) is 41.1 Å². The summed E-state index contributed by atoms with van der Waals surface area (Å²) in [5, 5.41) is 17.0. The van der Waals surface area contributed by atoms with Gasteiger partial charge in [-0.15, -0.1) is 0 Å². The van der Waals surface area contributed by atoms with Crippen molar-refractivity contribution in [3.05, 3.63) is 0 Å². The lowest BCUT2D eigenvalue weighted by atomic mass is 9.77. The van der Waals surface area contributed by atoms with Crippen molar-refractivity contribution in [2.75, 3.05) is 6.54 Å². The van der Waals surface area contributed by atoms with Crippen molar-refractivity contribution in [3.63, 3.8) is 0 Å². The van der Waals surface area contributed by atoms with E-state index in [2.05, 4.69) is 16.0 Å². The van der Waals surface area contributed by atoms with Crippen molar-refractivity contribution in [2.45, 2.75) is 56.5 Å². The van der Waals surface area contributed by atoms with E-state index < -0.39 is 17.5 Å². The first-order valence-corrected chi connectivity index (χ1v) is 7.11. The Bertz CT molecular complexity index is 402. The van der Waals surface area contributed by atoms with Crippen molar-refractivity contribution in [2.24, 2.45) is 0 Å². The van der Waals surface area contributed by atoms with Crippen LogP contribution in [-0.2, 0) is 9.59 Å². The Balaban J connectivity index is 1.57. The zero-order valence-corrected chi connectivity index (χ0v) is 11.4. The number of nitrogens with one attached hydrogen (secondary N) is 3. The predicted octanol–water partition coefficient (Wildman–Crippen LogP) is 0.352. The molecule has 7 nitrogen and oxygen atoms in total. The van der Waals surface area contributed by atoms with Crippen LogP contribution in [0.3, 0.4) is 0 Å². The van der Waals surface area contributed by atoms with Gasteiger partial charge in [-0.1, -0.05) is 0 Å². The van der Waals surface area contributed by atoms with Crippen LogP contribution < -0.4 is 16.0 Å². The standard InChI is InChI=1S/C13H21N3O4/c17-10(15-9-4-5-9)3-1-8-14-12(20)16-13(11(18)19)6-2-7-13/h9H,1-8H2,(H,15,17)(H,18,19)(H2,14,16,20). The zero-order valence-electron chi connectivity index (χ0n) is 11.4. The SMILES string of the molecule is O=C(CCCNC(=O)NC1(C(=O)O)CCC1)NC1CC1. The van der Waals surface area contributed by atoms with Gasteiger partial charge in [0.15, 0.2) is 0 Å². The molecule has 7 heteroatoms. The fraction of sp³-hybridized carbons (Fsp3) is 0.769. The second kappa shape index (κ2) is 6.11. The van der Waals surface area contributed by atoms with Crippen LogP contribution in [0, 0.1) is 0 Å². The van der Waals surface area contributed by atoms with E-state index in [0.717, 1.165) is 19.3 Å². The molecule has 0 unspecified atom stereocenters. The highest BCUT2D eigenvalue weighted by Gasteiger charge is 2.45. The van der Waals surface area contributed by atoms with Crippen LogP contribution in [0.25, 0.3) is 0 Å². The highest BCUT2D eigenvalue weighted by atomic mass is 16.4. The maximum atomic E-state index is 11.6. The van der Waals surface area contributed by atoms with Gasteiger partial charge < -0.3 is 21.1 Å². The van der Waals surface area contributed by atoms with E-state index in [1.165, 1.54) is 0 Å². The number of rotatable bonds is 7. The van der Waals surface area contributed by atoms with Gasteiger partial charge in [-0.05, 0) is 38.5 Å². The van der Waals surface area contributed by atoms with Crippen LogP contribution in [0.4, 0.5) is 4.79 Å². The largest absolute Gasteiger partial charge is 0.480 e. The topological polar surface area (TPSA) is 108 Å². The minimum Gasteiger partial charge on any atom is -0.480 e. The number of carbonyl (C=O) groups excluding carboxylic acids is 2. The summed E-state index contributed by atoms with van der Waals surface area (Å²) >= 11 is 0. The van der Waals surface area contributed by atoms with E-state index in [1.54, 1.807) is 0 Å². The van der Waals surface area contributed by atoms with Gasteiger partial charge in [0.2, 0.25) is 5.91 Å². The summed E-state index contributed by atoms with van der Waals surface area (Å²) in [4.78, 5) is 34.1. The van der Waals surface area contributed by atoms with Gasteiger partial charge in [0.25, 0.3) is 0 Å². The van der Waals surface area contributed by atoms with Crippen LogP contribution in [0.1, 0.15) is 44.9 Å². The average Bonchev–Trinajstić information content (AvgIpc) is 3.12. The summed E-state index contributed by atoms with van der Waals surface area (Å²) in [5.41, 5.74) is -1.09. The highest BCUT2D eigenvalue weighted by Crippen LogP contribution is 2.31. The van der Waals surface area contributed by atoms with E-state index in [4.69, 9.17) is 5.11 Å². The molecular formula is C13H21N3O4. The number of urea groups is 1. The average molecular weight is 283 g/mol. The normalized spacial score (nSPS) is 19.6. The molecule has 3 amide bonds. The van der Waals surface area contributed by atoms with E-state index in [0.29, 0.717) is 38.3 Å². The van der Waals surface area contributed by atoms with Crippen molar-refractivity contribution in [1.29, 1.82) is 0 Å². The molecule has 0 atom stereocenters. The first-order valence-electron chi connectivity index (χ1n) is 7.11. The molecule has 2 fully saturated rings. The third-order valence-electron chi connectivity index (χ3n) is 3.78. The predicted molar refractivity (Wildman–Crippen MR) is 71.2 cm³/mol. The summed E-state index contributed by atoms with van der Waals surface area (Å²) < 4.78 is 0. The van der Waals surface area contributed by atoms with Crippen molar-refractivity contribution in [3.8, 4) is 0 Å². The van der Waals surface area contributed by atoms with Gasteiger partial charge in [0, 0.05) is 19.0 Å². The lowest BCUT2D eigenvalue weighted by Gasteiger charge is -2.38. The Morgan fingerprint density at radius 3 is 2.40 bits per heavy atom. The maximum absolute atomic E-state index is 11.6. The molecule has 0 aromatic carbocycles. The number of carbonyl (C=O) groups is 3. The Morgan fingerprint density at radius 2 is 1.90 bits per heavy atom. The molecule has 0 spiro atoms. The molecule has 0 aromatic rings. The monoisotopic (exact) mass is 283 g/mol. The Hall–Kier alpha value is -1.79. The molecule has 2 aliphatic carbocycles. The molecule has 2 saturated carbocycles. The van der Waals surface area contributed by atoms with Gasteiger partial charge in [0.05, 0.1) is 0 Å². The van der Waals surface area contributed by atoms with Gasteiger partial charge in [0.1, 0.15) is 5.54 Å². The van der Waals surface area contributed by atoms with Crippen LogP contribution in [0.5, 0.6) is 0 Å². The van der Waals surface area contributed by atoms with E-state index >= 15 is 0 Å². The number of amides is 3. The molecule has 0 aliphatic heterocycles. The minimum absolute atomic E-state index is 0.00991. The van der Waals surface area contributed by atoms with Crippen molar-refractivity contribution < 1.29 is 19.5 Å². The van der Waals surface area contributed by atoms with Gasteiger partial charge in [-0.2, -0.15) is 0 Å². The summed E-state index contributed by atoms with van der Waals surface area (Å²) in [6.45, 7) is 0.361. The first-order chi connectivity index (χ1) is 9.52. The van der Waals surface area contributed by atoms with Crippen LogP contribution >= 0.6 is 0 Å². The fourth-order valence-electron chi connectivity index (χ4n) is 2.16. The molecule has 2 rings (SSSR count). The fourth-order valence-corrected chi connectivity index (χ4v) is 2.16. The number of aliphatic carboxylic acids is 1. The molecule has 0 saturated heterocycles. The molecular weight excluding hydrogens is 262 g/mol. The Morgan fingerprint density at radius 1 is 1.20 bits per heavy atom. The maximum Gasteiger partial charge on any atom is 0.329 e. The summed E-state index contributed by atoms with van der Waals surface area (Å²) in [5.74, 6) is -0.974. The zero-order chi connectivity index (χ0) is 14.6. The molecule has 0 heterocycles. The van der Waals surface area contributed by atoms with Gasteiger partial charge in [-0.3, -0.25) is 4.79 Å². The van der Waals surface area contributed by atoms with Crippen molar-refractivity contribution >= 4 is 17.9 Å². The van der Waals surface area contributed by atoms with E-state index in [9.17, 15) is 14.4 Å². The second-order valence-corrected chi connectivity index (χ2v) is 5.57. The van der Waals surface area contributed by atoms with Crippen LogP contribution in [0.2, 0.25) is 0 Å². The van der Waals surface area contributed by atoms with E-state index in [-0.39, 0.29) is 5.91 Å². The molecule has 20 heavy (non-hydrogen) atoms. The minimum atomic E-state index is -1.09. The number of hydrogen-bond acceptors (Lipinski definition) is 3. The van der Waals surface area contributed by atoms with Crippen molar-refractivity contribution in [1.82, 2.24) is 16.0 Å². The number of carboxylic acids is 1. The summed E-state index contributed by atoms with van der Waals surface area (Å²) in [7, 11) is 0. The van der Waals surface area contributed by atoms with Gasteiger partial charge in [-0.25, -0.2) is 9.59 Å². The molecule has 112 valence electrons. The molecule has 0 radical (unpaired) electrons. The smallest absolute Gasteiger partial charge is 0.329 e. The Kier molecular flexibility index (Phi) is 4.46. The van der Waals surface area contributed by atoms with Crippen LogP contribution in [0.15, 0.2) is 0 Å². The number of hydrogen-bond donors (Lipinski definition) is 4. The molecule has 4 N–H and O–H groups in total. The summed E-state index contributed by atoms with van der Waals surface area (Å²) in [6.07, 6.45) is 4.80. The first kappa shape index (κ1) is 14.6. The summed E-state index contributed by atoms with van der Waals surface area (Å²) in [6, 6.07) is -0.123. The quantitative estimate of drug-likeness (QED) is 0.506. The number of carboxylic acid groups (broad SMARTS) is 1. The molecule has 0 bridgehead atoms. The third-order valence-corrected chi connectivity index (χ3v) is 3.78. The van der Waals surface area contributed by atoms with Gasteiger partial charge >= 0.3 is 12.0 Å². The third kappa shape index (κ3) is 3.85. The Labute approximate surface area is 117 Å². The lowest BCUT2D eigenvalue weighted by molar-refractivity contribution is -0.148. The lowest BCUT2D eigenvalue weighted by Crippen LogP contribution is -2.61. The molecule has 2 aliphatic rings. The molecule has 0 aromatic heterocycles.